The molecule has 4 aromatic rings. The molecule has 6 nitrogen and oxygen atoms in total. The molecular weight excluding hydrogens is 468 g/mol. The van der Waals surface area contributed by atoms with Gasteiger partial charge in [0, 0.05) is 17.3 Å². The lowest BCUT2D eigenvalue weighted by Crippen LogP contribution is -2.27. The molecular formula is C26H25ClN4O2S. The minimum atomic E-state index is -0.0590. The summed E-state index contributed by atoms with van der Waals surface area (Å²) in [5.41, 5.74) is 4.03. The lowest BCUT2D eigenvalue weighted by Gasteiger charge is -2.13. The van der Waals surface area contributed by atoms with Gasteiger partial charge in [-0.15, -0.1) is 10.2 Å². The normalized spacial score (nSPS) is 10.8. The highest BCUT2D eigenvalue weighted by molar-refractivity contribution is 7.99. The van der Waals surface area contributed by atoms with E-state index < -0.39 is 0 Å². The zero-order valence-electron chi connectivity index (χ0n) is 19.0. The number of nitrogens with one attached hydrogen (secondary N) is 1. The van der Waals surface area contributed by atoms with E-state index in [9.17, 15) is 4.79 Å². The zero-order chi connectivity index (χ0) is 23.9. The Morgan fingerprint density at radius 3 is 2.50 bits per heavy atom. The van der Waals surface area contributed by atoms with E-state index in [0.717, 1.165) is 28.8 Å². The largest absolute Gasteiger partial charge is 0.496 e. The van der Waals surface area contributed by atoms with E-state index in [-0.39, 0.29) is 11.7 Å². The van der Waals surface area contributed by atoms with Gasteiger partial charge in [0.15, 0.2) is 11.0 Å². The molecule has 3 aromatic carbocycles. The van der Waals surface area contributed by atoms with E-state index in [1.165, 1.54) is 11.8 Å². The standard InChI is InChI=1S/C26H25ClN4O2S/c1-18-7-13-21(14-8-18)31-25(22-5-3-4-6-23(22)33-2)29-30-26(31)34-17-24(32)28-16-15-19-9-11-20(27)12-10-19/h3-14H,15-17H2,1-2H3,(H,28,32). The number of hydrogen-bond donors (Lipinski definition) is 1. The zero-order valence-corrected chi connectivity index (χ0v) is 20.6. The smallest absolute Gasteiger partial charge is 0.230 e. The van der Waals surface area contributed by atoms with E-state index in [2.05, 4.69) is 15.5 Å². The molecule has 0 fully saturated rings. The van der Waals surface area contributed by atoms with Crippen molar-refractivity contribution in [3.05, 3.63) is 88.9 Å². The molecule has 0 radical (unpaired) electrons. The van der Waals surface area contributed by atoms with Crippen molar-refractivity contribution in [3.63, 3.8) is 0 Å². The summed E-state index contributed by atoms with van der Waals surface area (Å²) in [5, 5.41) is 13.2. The van der Waals surface area contributed by atoms with Crippen molar-refractivity contribution in [1.29, 1.82) is 0 Å². The second-order valence-electron chi connectivity index (χ2n) is 7.69. The number of amides is 1. The Balaban J connectivity index is 1.50. The number of benzene rings is 3. The monoisotopic (exact) mass is 492 g/mol. The van der Waals surface area contributed by atoms with Gasteiger partial charge in [-0.1, -0.05) is 65.3 Å². The minimum Gasteiger partial charge on any atom is -0.496 e. The van der Waals surface area contributed by atoms with Crippen molar-refractivity contribution in [2.45, 2.75) is 18.5 Å². The minimum absolute atomic E-state index is 0.0590. The number of nitrogens with zero attached hydrogens (tertiary/aromatic N) is 3. The summed E-state index contributed by atoms with van der Waals surface area (Å²) in [4.78, 5) is 12.5. The Hall–Kier alpha value is -3.29. The van der Waals surface area contributed by atoms with E-state index in [4.69, 9.17) is 16.3 Å². The van der Waals surface area contributed by atoms with Crippen LogP contribution < -0.4 is 10.1 Å². The van der Waals surface area contributed by atoms with Gasteiger partial charge >= 0.3 is 0 Å². The molecule has 1 heterocycles. The highest BCUT2D eigenvalue weighted by Gasteiger charge is 2.19. The Kier molecular flexibility index (Phi) is 7.87. The van der Waals surface area contributed by atoms with Gasteiger partial charge in [0.25, 0.3) is 0 Å². The summed E-state index contributed by atoms with van der Waals surface area (Å²) in [7, 11) is 1.63. The van der Waals surface area contributed by atoms with Crippen LogP contribution in [0, 0.1) is 6.92 Å². The van der Waals surface area contributed by atoms with Crippen LogP contribution in [0.5, 0.6) is 5.75 Å². The van der Waals surface area contributed by atoms with Crippen LogP contribution >= 0.6 is 23.4 Å². The Morgan fingerprint density at radius 1 is 1.03 bits per heavy atom. The average Bonchev–Trinajstić information content (AvgIpc) is 3.28. The number of thioether (sulfide) groups is 1. The maximum atomic E-state index is 12.5. The number of rotatable bonds is 9. The number of aryl methyl sites for hydroxylation is 1. The van der Waals surface area contributed by atoms with Crippen LogP contribution in [0.15, 0.2) is 78.0 Å². The maximum absolute atomic E-state index is 12.5. The fourth-order valence-electron chi connectivity index (χ4n) is 3.47. The summed E-state index contributed by atoms with van der Waals surface area (Å²) < 4.78 is 7.51. The SMILES string of the molecule is COc1ccccc1-c1nnc(SCC(=O)NCCc2ccc(Cl)cc2)n1-c1ccc(C)cc1. The van der Waals surface area contributed by atoms with Gasteiger partial charge in [0.2, 0.25) is 5.91 Å². The van der Waals surface area contributed by atoms with Crippen molar-refractivity contribution >= 4 is 29.3 Å². The number of aromatic nitrogens is 3. The second kappa shape index (κ2) is 11.2. The third-order valence-electron chi connectivity index (χ3n) is 5.25. The van der Waals surface area contributed by atoms with Gasteiger partial charge in [-0.05, 0) is 55.3 Å². The number of para-hydroxylation sites is 1. The van der Waals surface area contributed by atoms with Crippen molar-refractivity contribution in [3.8, 4) is 22.8 Å². The molecule has 0 saturated carbocycles. The molecule has 34 heavy (non-hydrogen) atoms. The van der Waals surface area contributed by atoms with E-state index in [0.29, 0.717) is 28.3 Å². The van der Waals surface area contributed by atoms with Crippen LogP contribution in [-0.2, 0) is 11.2 Å². The number of hydrogen-bond acceptors (Lipinski definition) is 5. The fourth-order valence-corrected chi connectivity index (χ4v) is 4.38. The number of carbonyl (C=O) groups is 1. The first-order chi connectivity index (χ1) is 16.5. The first kappa shape index (κ1) is 23.9. The highest BCUT2D eigenvalue weighted by Crippen LogP contribution is 2.33. The summed E-state index contributed by atoms with van der Waals surface area (Å²) in [6.07, 6.45) is 0.741. The molecule has 0 aliphatic rings. The summed E-state index contributed by atoms with van der Waals surface area (Å²) in [6, 6.07) is 23.5. The summed E-state index contributed by atoms with van der Waals surface area (Å²) >= 11 is 7.28. The quantitative estimate of drug-likeness (QED) is 0.319. The van der Waals surface area contributed by atoms with E-state index in [1.807, 2.05) is 84.3 Å². The molecule has 0 atom stereocenters. The predicted octanol–water partition coefficient (Wildman–Crippen LogP) is 5.36. The van der Waals surface area contributed by atoms with E-state index in [1.54, 1.807) is 7.11 Å². The fraction of sp³-hybridized carbons (Fsp3) is 0.192. The lowest BCUT2D eigenvalue weighted by atomic mass is 10.1. The van der Waals surface area contributed by atoms with Gasteiger partial charge < -0.3 is 10.1 Å². The second-order valence-corrected chi connectivity index (χ2v) is 9.07. The third-order valence-corrected chi connectivity index (χ3v) is 6.44. The van der Waals surface area contributed by atoms with Crippen molar-refractivity contribution in [2.75, 3.05) is 19.4 Å². The number of carbonyl (C=O) groups excluding carboxylic acids is 1. The first-order valence-corrected chi connectivity index (χ1v) is 12.2. The molecule has 1 amide bonds. The Morgan fingerprint density at radius 2 is 1.76 bits per heavy atom. The van der Waals surface area contributed by atoms with Crippen LogP contribution in [0.3, 0.4) is 0 Å². The molecule has 174 valence electrons. The van der Waals surface area contributed by atoms with Crippen molar-refractivity contribution in [1.82, 2.24) is 20.1 Å². The molecule has 0 bridgehead atoms. The van der Waals surface area contributed by atoms with E-state index >= 15 is 0 Å². The average molecular weight is 493 g/mol. The topological polar surface area (TPSA) is 69.0 Å². The summed E-state index contributed by atoms with van der Waals surface area (Å²) in [6.45, 7) is 2.60. The number of methoxy groups -OCH3 is 1. The van der Waals surface area contributed by atoms with Crippen molar-refractivity contribution in [2.24, 2.45) is 0 Å². The molecule has 0 spiro atoms. The van der Waals surface area contributed by atoms with Gasteiger partial charge in [-0.3, -0.25) is 9.36 Å². The van der Waals surface area contributed by atoms with Crippen LogP contribution in [-0.4, -0.2) is 40.1 Å². The molecule has 0 saturated heterocycles. The van der Waals surface area contributed by atoms with Gasteiger partial charge in [0.1, 0.15) is 5.75 Å². The highest BCUT2D eigenvalue weighted by atomic mass is 35.5. The third kappa shape index (κ3) is 5.79. The van der Waals surface area contributed by atoms with Gasteiger partial charge in [0.05, 0.1) is 18.4 Å². The lowest BCUT2D eigenvalue weighted by molar-refractivity contribution is -0.118. The molecule has 1 N–H and O–H groups in total. The molecule has 4 rings (SSSR count). The van der Waals surface area contributed by atoms with Gasteiger partial charge in [-0.2, -0.15) is 0 Å². The summed E-state index contributed by atoms with van der Waals surface area (Å²) in [5.74, 6) is 1.54. The van der Waals surface area contributed by atoms with Crippen LogP contribution in [0.1, 0.15) is 11.1 Å². The van der Waals surface area contributed by atoms with Crippen molar-refractivity contribution < 1.29 is 9.53 Å². The number of ether oxygens (including phenoxy) is 1. The molecule has 0 aliphatic carbocycles. The maximum Gasteiger partial charge on any atom is 0.230 e. The number of halogens is 1. The van der Waals surface area contributed by atoms with Crippen LogP contribution in [0.4, 0.5) is 0 Å². The van der Waals surface area contributed by atoms with Gasteiger partial charge in [-0.25, -0.2) is 0 Å². The molecule has 0 unspecified atom stereocenters. The molecule has 1 aromatic heterocycles. The predicted molar refractivity (Wildman–Crippen MR) is 137 cm³/mol. The van der Waals surface area contributed by atoms with Crippen LogP contribution in [0.25, 0.3) is 17.1 Å². The first-order valence-electron chi connectivity index (χ1n) is 10.8. The van der Waals surface area contributed by atoms with Crippen LogP contribution in [0.2, 0.25) is 5.02 Å². The molecule has 0 aliphatic heterocycles. The Labute approximate surface area is 208 Å². The Bertz CT molecular complexity index is 1260. The molecule has 8 heteroatoms.